The van der Waals surface area contributed by atoms with E-state index in [1.807, 2.05) is 38.1 Å². The molecular weight excluding hydrogens is 342 g/mol. The first-order chi connectivity index (χ1) is 12.9. The second-order valence-electron chi connectivity index (χ2n) is 6.39. The van der Waals surface area contributed by atoms with Gasteiger partial charge in [-0.05, 0) is 48.7 Å². The fourth-order valence-corrected chi connectivity index (χ4v) is 2.54. The Morgan fingerprint density at radius 3 is 2.41 bits per heavy atom. The molecule has 27 heavy (non-hydrogen) atoms. The molecule has 1 amide bonds. The summed E-state index contributed by atoms with van der Waals surface area (Å²) in [7, 11) is 3.29. The second kappa shape index (κ2) is 9.57. The van der Waals surface area contributed by atoms with Crippen LogP contribution >= 0.6 is 0 Å². The van der Waals surface area contributed by atoms with Crippen molar-refractivity contribution < 1.29 is 19.1 Å². The number of aryl methyl sites for hydroxylation is 2. The molecule has 0 radical (unpaired) electrons. The van der Waals surface area contributed by atoms with Crippen LogP contribution in [0.3, 0.4) is 0 Å². The first-order valence-electron chi connectivity index (χ1n) is 8.68. The molecule has 0 heterocycles. The Morgan fingerprint density at radius 2 is 1.78 bits per heavy atom. The zero-order chi connectivity index (χ0) is 19.8. The number of ether oxygens (including phenoxy) is 2. The lowest BCUT2D eigenvalue weighted by molar-refractivity contribution is -0.147. The summed E-state index contributed by atoms with van der Waals surface area (Å²) in [5.74, 6) is -0.0626. The highest BCUT2D eigenvalue weighted by molar-refractivity contribution is 5.89. The number of nitrogens with zero attached hydrogens (tertiary/aromatic N) is 1. The van der Waals surface area contributed by atoms with E-state index in [4.69, 9.17) is 9.47 Å². The summed E-state index contributed by atoms with van der Waals surface area (Å²) in [4.78, 5) is 25.6. The quantitative estimate of drug-likeness (QED) is 0.555. The van der Waals surface area contributed by atoms with Gasteiger partial charge in [-0.1, -0.05) is 35.9 Å². The Hall–Kier alpha value is -3.08. The predicted molar refractivity (Wildman–Crippen MR) is 105 cm³/mol. The van der Waals surface area contributed by atoms with Crippen LogP contribution in [0.1, 0.15) is 22.3 Å². The van der Waals surface area contributed by atoms with Gasteiger partial charge < -0.3 is 14.4 Å². The first kappa shape index (κ1) is 20.2. The zero-order valence-corrected chi connectivity index (χ0v) is 16.2. The van der Waals surface area contributed by atoms with Crippen molar-refractivity contribution in [2.24, 2.45) is 0 Å². The van der Waals surface area contributed by atoms with Crippen molar-refractivity contribution >= 4 is 18.0 Å². The smallest absolute Gasteiger partial charge is 0.331 e. The number of benzene rings is 2. The standard InChI is InChI=1S/C22H25NO4/c1-16-5-9-19(17(2)13-16)14-23(3)21(24)15-27-22(25)12-8-18-6-10-20(26-4)11-7-18/h5-13H,14-15H2,1-4H3/b12-8+. The maximum atomic E-state index is 12.2. The van der Waals surface area contributed by atoms with Crippen LogP contribution in [0.5, 0.6) is 5.75 Å². The lowest BCUT2D eigenvalue weighted by Crippen LogP contribution is -2.30. The summed E-state index contributed by atoms with van der Waals surface area (Å²) >= 11 is 0. The van der Waals surface area contributed by atoms with Gasteiger partial charge in [0.15, 0.2) is 6.61 Å². The molecule has 2 rings (SSSR count). The van der Waals surface area contributed by atoms with E-state index < -0.39 is 5.97 Å². The van der Waals surface area contributed by atoms with Gasteiger partial charge in [-0.3, -0.25) is 4.79 Å². The number of esters is 1. The maximum absolute atomic E-state index is 12.2. The molecule has 0 fully saturated rings. The molecule has 0 N–H and O–H groups in total. The van der Waals surface area contributed by atoms with Crippen LogP contribution in [0, 0.1) is 13.8 Å². The van der Waals surface area contributed by atoms with Crippen molar-refractivity contribution in [1.29, 1.82) is 0 Å². The van der Waals surface area contributed by atoms with E-state index in [0.29, 0.717) is 6.54 Å². The number of likely N-dealkylation sites (N-methyl/N-ethyl adjacent to an activating group) is 1. The van der Waals surface area contributed by atoms with Gasteiger partial charge >= 0.3 is 5.97 Å². The maximum Gasteiger partial charge on any atom is 0.331 e. The molecule has 0 aliphatic rings. The summed E-state index contributed by atoms with van der Waals surface area (Å²) in [5, 5.41) is 0. The number of carbonyl (C=O) groups excluding carboxylic acids is 2. The summed E-state index contributed by atoms with van der Waals surface area (Å²) < 4.78 is 10.1. The van der Waals surface area contributed by atoms with Crippen LogP contribution < -0.4 is 4.74 Å². The largest absolute Gasteiger partial charge is 0.497 e. The molecule has 0 aliphatic carbocycles. The van der Waals surface area contributed by atoms with Crippen LogP contribution in [0.4, 0.5) is 0 Å². The van der Waals surface area contributed by atoms with E-state index in [2.05, 4.69) is 6.07 Å². The van der Waals surface area contributed by atoms with Crippen LogP contribution in [-0.2, 0) is 20.9 Å². The lowest BCUT2D eigenvalue weighted by Gasteiger charge is -2.18. The monoisotopic (exact) mass is 367 g/mol. The minimum Gasteiger partial charge on any atom is -0.497 e. The van der Waals surface area contributed by atoms with E-state index >= 15 is 0 Å². The van der Waals surface area contributed by atoms with Gasteiger partial charge in [0.1, 0.15) is 5.75 Å². The summed E-state index contributed by atoms with van der Waals surface area (Å²) in [6.07, 6.45) is 2.94. The number of hydrogen-bond acceptors (Lipinski definition) is 4. The predicted octanol–water partition coefficient (Wildman–Crippen LogP) is 3.53. The minimum absolute atomic E-state index is 0.249. The topological polar surface area (TPSA) is 55.8 Å². The highest BCUT2D eigenvalue weighted by Gasteiger charge is 2.12. The zero-order valence-electron chi connectivity index (χ0n) is 16.2. The molecule has 0 aromatic heterocycles. The lowest BCUT2D eigenvalue weighted by atomic mass is 10.1. The normalized spacial score (nSPS) is 10.7. The number of methoxy groups -OCH3 is 1. The number of hydrogen-bond donors (Lipinski definition) is 0. The van der Waals surface area contributed by atoms with E-state index in [9.17, 15) is 9.59 Å². The molecule has 0 spiro atoms. The van der Waals surface area contributed by atoms with Gasteiger partial charge in [-0.25, -0.2) is 4.79 Å². The fourth-order valence-electron chi connectivity index (χ4n) is 2.54. The van der Waals surface area contributed by atoms with E-state index in [0.717, 1.165) is 22.4 Å². The van der Waals surface area contributed by atoms with E-state index in [-0.39, 0.29) is 12.5 Å². The molecule has 5 heteroatoms. The third-order valence-corrected chi connectivity index (χ3v) is 4.20. The molecule has 0 saturated heterocycles. The van der Waals surface area contributed by atoms with E-state index in [1.165, 1.54) is 11.6 Å². The average Bonchev–Trinajstić information content (AvgIpc) is 2.66. The van der Waals surface area contributed by atoms with Crippen molar-refractivity contribution in [3.8, 4) is 5.75 Å². The van der Waals surface area contributed by atoms with Crippen molar-refractivity contribution in [2.75, 3.05) is 20.8 Å². The molecule has 5 nitrogen and oxygen atoms in total. The van der Waals surface area contributed by atoms with Gasteiger partial charge in [0, 0.05) is 19.7 Å². The highest BCUT2D eigenvalue weighted by Crippen LogP contribution is 2.13. The molecular formula is C22H25NO4. The molecule has 0 bridgehead atoms. The van der Waals surface area contributed by atoms with Crippen molar-refractivity contribution in [3.05, 3.63) is 70.8 Å². The van der Waals surface area contributed by atoms with E-state index in [1.54, 1.807) is 37.3 Å². The summed E-state index contributed by atoms with van der Waals surface area (Å²) in [5.41, 5.74) is 4.23. The Labute approximate surface area is 160 Å². The SMILES string of the molecule is COc1ccc(/C=C/C(=O)OCC(=O)N(C)Cc2ccc(C)cc2C)cc1. The van der Waals surface area contributed by atoms with Gasteiger partial charge in [0.2, 0.25) is 0 Å². The Morgan fingerprint density at radius 1 is 1.07 bits per heavy atom. The average molecular weight is 367 g/mol. The van der Waals surface area contributed by atoms with Gasteiger partial charge in [-0.2, -0.15) is 0 Å². The van der Waals surface area contributed by atoms with Gasteiger partial charge in [-0.15, -0.1) is 0 Å². The number of amides is 1. The number of rotatable bonds is 7. The molecule has 0 saturated carbocycles. The Bertz CT molecular complexity index is 825. The summed E-state index contributed by atoms with van der Waals surface area (Å²) in [6, 6.07) is 13.4. The Kier molecular flexibility index (Phi) is 7.17. The highest BCUT2D eigenvalue weighted by atomic mass is 16.5. The molecule has 0 unspecified atom stereocenters. The van der Waals surface area contributed by atoms with Crippen molar-refractivity contribution in [2.45, 2.75) is 20.4 Å². The molecule has 0 aliphatic heterocycles. The molecule has 2 aromatic rings. The molecule has 0 atom stereocenters. The van der Waals surface area contributed by atoms with Crippen molar-refractivity contribution in [3.63, 3.8) is 0 Å². The minimum atomic E-state index is -0.556. The van der Waals surface area contributed by atoms with Gasteiger partial charge in [0.05, 0.1) is 7.11 Å². The van der Waals surface area contributed by atoms with Crippen LogP contribution in [0.2, 0.25) is 0 Å². The van der Waals surface area contributed by atoms with Crippen molar-refractivity contribution in [1.82, 2.24) is 4.90 Å². The third-order valence-electron chi connectivity index (χ3n) is 4.20. The Balaban J connectivity index is 1.82. The fraction of sp³-hybridized carbons (Fsp3) is 0.273. The first-order valence-corrected chi connectivity index (χ1v) is 8.68. The van der Waals surface area contributed by atoms with Crippen LogP contribution in [-0.4, -0.2) is 37.5 Å². The summed E-state index contributed by atoms with van der Waals surface area (Å²) in [6.45, 7) is 4.24. The van der Waals surface area contributed by atoms with Crippen LogP contribution in [0.15, 0.2) is 48.5 Å². The third kappa shape index (κ3) is 6.29. The van der Waals surface area contributed by atoms with Gasteiger partial charge in [0.25, 0.3) is 5.91 Å². The van der Waals surface area contributed by atoms with Crippen LogP contribution in [0.25, 0.3) is 6.08 Å². The molecule has 142 valence electrons. The number of carbonyl (C=O) groups is 2. The second-order valence-corrected chi connectivity index (χ2v) is 6.39. The molecule has 2 aromatic carbocycles.